The van der Waals surface area contributed by atoms with Crippen molar-refractivity contribution in [3.8, 4) is 0 Å². The Kier molecular flexibility index (Phi) is 3.80. The Morgan fingerprint density at radius 3 is 2.68 bits per heavy atom. The summed E-state index contributed by atoms with van der Waals surface area (Å²) < 4.78 is 0. The molecule has 1 amide bonds. The summed E-state index contributed by atoms with van der Waals surface area (Å²) >= 11 is 1.67. The quantitative estimate of drug-likeness (QED) is 0.870. The van der Waals surface area contributed by atoms with Gasteiger partial charge in [0.1, 0.15) is 0 Å². The molecule has 3 nitrogen and oxygen atoms in total. The fourth-order valence-corrected chi connectivity index (χ4v) is 4.05. The molecule has 0 spiro atoms. The predicted molar refractivity (Wildman–Crippen MR) is 76.2 cm³/mol. The van der Waals surface area contributed by atoms with Crippen molar-refractivity contribution in [2.24, 2.45) is 0 Å². The molecule has 1 unspecified atom stereocenters. The van der Waals surface area contributed by atoms with Gasteiger partial charge in [0, 0.05) is 10.9 Å². The van der Waals surface area contributed by atoms with Crippen LogP contribution in [-0.4, -0.2) is 28.4 Å². The topological polar surface area (TPSA) is 49.3 Å². The van der Waals surface area contributed by atoms with Crippen molar-refractivity contribution in [1.29, 1.82) is 0 Å². The number of rotatable bonds is 2. The first-order valence-corrected chi connectivity index (χ1v) is 7.83. The standard InChI is InChI=1S/C15H19NO2S/c17-12-7-5-11(6-8-12)16-15(18)14-9-10-3-1-2-4-13(10)19-14/h1-4,11-12,14,17H,5-9H2,(H,16,18). The summed E-state index contributed by atoms with van der Waals surface area (Å²) in [5.74, 6) is 0.155. The molecular weight excluding hydrogens is 258 g/mol. The van der Waals surface area contributed by atoms with Gasteiger partial charge in [-0.15, -0.1) is 11.8 Å². The highest BCUT2D eigenvalue weighted by Crippen LogP contribution is 2.37. The van der Waals surface area contributed by atoms with E-state index in [4.69, 9.17) is 0 Å². The molecule has 1 aliphatic heterocycles. The molecule has 1 aliphatic carbocycles. The molecule has 3 rings (SSSR count). The highest BCUT2D eigenvalue weighted by molar-refractivity contribution is 8.01. The molecule has 2 aliphatic rings. The molecule has 1 fully saturated rings. The molecule has 0 bridgehead atoms. The first-order valence-electron chi connectivity index (χ1n) is 6.95. The second-order valence-electron chi connectivity index (χ2n) is 5.43. The monoisotopic (exact) mass is 277 g/mol. The van der Waals surface area contributed by atoms with E-state index in [9.17, 15) is 9.90 Å². The van der Waals surface area contributed by atoms with Crippen LogP contribution in [-0.2, 0) is 11.2 Å². The van der Waals surface area contributed by atoms with Gasteiger partial charge in [0.15, 0.2) is 0 Å². The molecule has 1 atom stereocenters. The largest absolute Gasteiger partial charge is 0.393 e. The normalized spacial score (nSPS) is 29.8. The Balaban J connectivity index is 1.55. The lowest BCUT2D eigenvalue weighted by Crippen LogP contribution is -2.42. The Labute approximate surface area is 117 Å². The fraction of sp³-hybridized carbons (Fsp3) is 0.533. The molecule has 4 heteroatoms. The molecule has 0 aromatic heterocycles. The summed E-state index contributed by atoms with van der Waals surface area (Å²) in [5, 5.41) is 12.6. The van der Waals surface area contributed by atoms with E-state index in [1.807, 2.05) is 12.1 Å². The molecule has 1 heterocycles. The van der Waals surface area contributed by atoms with Gasteiger partial charge < -0.3 is 10.4 Å². The lowest BCUT2D eigenvalue weighted by atomic mass is 9.93. The summed E-state index contributed by atoms with van der Waals surface area (Å²) in [6, 6.07) is 8.49. The van der Waals surface area contributed by atoms with E-state index >= 15 is 0 Å². The van der Waals surface area contributed by atoms with Crippen molar-refractivity contribution in [2.75, 3.05) is 0 Å². The zero-order valence-corrected chi connectivity index (χ0v) is 11.7. The van der Waals surface area contributed by atoms with Gasteiger partial charge in [-0.05, 0) is 43.7 Å². The Morgan fingerprint density at radius 1 is 1.21 bits per heavy atom. The van der Waals surface area contributed by atoms with Gasteiger partial charge in [0.05, 0.1) is 11.4 Å². The highest BCUT2D eigenvalue weighted by Gasteiger charge is 2.30. The number of hydrogen-bond acceptors (Lipinski definition) is 3. The number of fused-ring (bicyclic) bond motifs is 1. The summed E-state index contributed by atoms with van der Waals surface area (Å²) in [7, 11) is 0. The lowest BCUT2D eigenvalue weighted by Gasteiger charge is -2.27. The summed E-state index contributed by atoms with van der Waals surface area (Å²) in [5.41, 5.74) is 1.28. The second-order valence-corrected chi connectivity index (χ2v) is 6.68. The van der Waals surface area contributed by atoms with Gasteiger partial charge >= 0.3 is 0 Å². The number of aliphatic hydroxyl groups is 1. The third-order valence-electron chi connectivity index (χ3n) is 3.98. The maximum absolute atomic E-state index is 12.3. The Hall–Kier alpha value is -1.00. The van der Waals surface area contributed by atoms with Crippen LogP contribution in [0.3, 0.4) is 0 Å². The number of nitrogens with one attached hydrogen (secondary N) is 1. The van der Waals surface area contributed by atoms with Crippen molar-refractivity contribution in [1.82, 2.24) is 5.32 Å². The smallest absolute Gasteiger partial charge is 0.234 e. The second kappa shape index (κ2) is 5.55. The van der Waals surface area contributed by atoms with E-state index in [1.54, 1.807) is 11.8 Å². The summed E-state index contributed by atoms with van der Waals surface area (Å²) in [6.45, 7) is 0. The van der Waals surface area contributed by atoms with Crippen LogP contribution < -0.4 is 5.32 Å². The van der Waals surface area contributed by atoms with Crippen molar-refractivity contribution in [3.05, 3.63) is 29.8 Å². The number of thioether (sulfide) groups is 1. The average molecular weight is 277 g/mol. The van der Waals surface area contributed by atoms with Crippen molar-refractivity contribution in [2.45, 2.75) is 54.4 Å². The number of benzene rings is 1. The summed E-state index contributed by atoms with van der Waals surface area (Å²) in [6.07, 6.45) is 4.08. The van der Waals surface area contributed by atoms with E-state index in [0.717, 1.165) is 32.1 Å². The molecule has 19 heavy (non-hydrogen) atoms. The Morgan fingerprint density at radius 2 is 1.95 bits per heavy atom. The number of aliphatic hydroxyl groups excluding tert-OH is 1. The van der Waals surface area contributed by atoms with Crippen LogP contribution in [0.2, 0.25) is 0 Å². The molecule has 2 N–H and O–H groups in total. The van der Waals surface area contributed by atoms with Gasteiger partial charge in [-0.3, -0.25) is 4.79 Å². The maximum Gasteiger partial charge on any atom is 0.234 e. The van der Waals surface area contributed by atoms with Crippen LogP contribution in [0.5, 0.6) is 0 Å². The van der Waals surface area contributed by atoms with Gasteiger partial charge in [0.2, 0.25) is 5.91 Å². The van der Waals surface area contributed by atoms with Gasteiger partial charge in [-0.2, -0.15) is 0 Å². The maximum atomic E-state index is 12.3. The molecular formula is C15H19NO2S. The molecule has 1 saturated carbocycles. The van der Waals surface area contributed by atoms with Crippen LogP contribution in [0.15, 0.2) is 29.2 Å². The molecule has 1 aromatic carbocycles. The van der Waals surface area contributed by atoms with E-state index in [0.29, 0.717) is 0 Å². The van der Waals surface area contributed by atoms with Gasteiger partial charge in [0.25, 0.3) is 0 Å². The average Bonchev–Trinajstić information content (AvgIpc) is 2.85. The van der Waals surface area contributed by atoms with Crippen LogP contribution in [0, 0.1) is 0 Å². The third kappa shape index (κ3) is 2.95. The zero-order chi connectivity index (χ0) is 13.2. The SMILES string of the molecule is O=C(NC1CCC(O)CC1)C1Cc2ccccc2S1. The zero-order valence-electron chi connectivity index (χ0n) is 10.8. The van der Waals surface area contributed by atoms with Gasteiger partial charge in [-0.1, -0.05) is 18.2 Å². The van der Waals surface area contributed by atoms with Crippen LogP contribution >= 0.6 is 11.8 Å². The molecule has 0 saturated heterocycles. The summed E-state index contributed by atoms with van der Waals surface area (Å²) in [4.78, 5) is 13.5. The lowest BCUT2D eigenvalue weighted by molar-refractivity contribution is -0.121. The van der Waals surface area contributed by atoms with Crippen molar-refractivity contribution in [3.63, 3.8) is 0 Å². The van der Waals surface area contributed by atoms with Gasteiger partial charge in [-0.25, -0.2) is 0 Å². The van der Waals surface area contributed by atoms with E-state index in [2.05, 4.69) is 17.4 Å². The minimum Gasteiger partial charge on any atom is -0.393 e. The fourth-order valence-electron chi connectivity index (χ4n) is 2.84. The highest BCUT2D eigenvalue weighted by atomic mass is 32.2. The third-order valence-corrected chi connectivity index (χ3v) is 5.30. The minimum absolute atomic E-state index is 0.0178. The first kappa shape index (κ1) is 13.0. The van der Waals surface area contributed by atoms with E-state index < -0.39 is 0 Å². The van der Waals surface area contributed by atoms with Crippen LogP contribution in [0.25, 0.3) is 0 Å². The minimum atomic E-state index is -0.168. The Bertz CT molecular complexity index is 444. The number of carbonyl (C=O) groups excluding carboxylic acids is 1. The molecule has 0 radical (unpaired) electrons. The van der Waals surface area contributed by atoms with Crippen molar-refractivity contribution >= 4 is 17.7 Å². The molecule has 1 aromatic rings. The van der Waals surface area contributed by atoms with Crippen LogP contribution in [0.1, 0.15) is 31.2 Å². The predicted octanol–water partition coefficient (Wildman–Crippen LogP) is 2.12. The van der Waals surface area contributed by atoms with E-state index in [1.165, 1.54) is 10.5 Å². The number of amides is 1. The van der Waals surface area contributed by atoms with E-state index in [-0.39, 0.29) is 23.3 Å². The van der Waals surface area contributed by atoms with Crippen molar-refractivity contribution < 1.29 is 9.90 Å². The first-order chi connectivity index (χ1) is 9.22. The number of carbonyl (C=O) groups is 1. The van der Waals surface area contributed by atoms with Crippen LogP contribution in [0.4, 0.5) is 0 Å². The molecule has 102 valence electrons. The number of hydrogen-bond donors (Lipinski definition) is 2.